The van der Waals surface area contributed by atoms with Crippen LogP contribution in [-0.2, 0) is 18.2 Å². The van der Waals surface area contributed by atoms with Gasteiger partial charge in [0, 0.05) is 20.7 Å². The molecular weight excluding hydrogens is 222 g/mol. The number of nitrogens with two attached hydrogens (primary N) is 1. The number of aromatic nitrogens is 4. The Balaban J connectivity index is 2.14. The molecule has 0 radical (unpaired) electrons. The first-order valence-electron chi connectivity index (χ1n) is 5.26. The highest BCUT2D eigenvalue weighted by atomic mass is 16.5. The van der Waals surface area contributed by atoms with E-state index in [0.29, 0.717) is 24.7 Å². The van der Waals surface area contributed by atoms with Gasteiger partial charge in [0.05, 0.1) is 25.0 Å². The molecule has 0 bridgehead atoms. The van der Waals surface area contributed by atoms with E-state index in [4.69, 9.17) is 15.0 Å². The smallest absolute Gasteiger partial charge is 0.229 e. The van der Waals surface area contributed by atoms with Crippen LogP contribution in [0.5, 0.6) is 0 Å². The summed E-state index contributed by atoms with van der Waals surface area (Å²) in [6.07, 6.45) is 3.78. The van der Waals surface area contributed by atoms with E-state index in [1.165, 1.54) is 0 Å². The van der Waals surface area contributed by atoms with Crippen LogP contribution in [0, 0.1) is 0 Å². The highest BCUT2D eigenvalue weighted by Gasteiger charge is 2.15. The summed E-state index contributed by atoms with van der Waals surface area (Å²) < 4.78 is 12.1. The lowest BCUT2D eigenvalue weighted by molar-refractivity contribution is 0.102. The number of aryl methyl sites for hydroxylation is 1. The summed E-state index contributed by atoms with van der Waals surface area (Å²) in [6.45, 7) is 0.417. The highest BCUT2D eigenvalue weighted by molar-refractivity contribution is 5.46. The summed E-state index contributed by atoms with van der Waals surface area (Å²) >= 11 is 0. The van der Waals surface area contributed by atoms with E-state index in [0.717, 1.165) is 5.69 Å². The average Bonchev–Trinajstić information content (AvgIpc) is 2.94. The largest absolute Gasteiger partial charge is 0.380 e. The first-order valence-corrected chi connectivity index (χ1v) is 5.26. The van der Waals surface area contributed by atoms with Gasteiger partial charge in [-0.2, -0.15) is 4.98 Å². The molecule has 0 aromatic carbocycles. The van der Waals surface area contributed by atoms with Crippen molar-refractivity contribution >= 4 is 0 Å². The summed E-state index contributed by atoms with van der Waals surface area (Å²) in [5.74, 6) is 1.03. The zero-order chi connectivity index (χ0) is 12.3. The third-order valence-corrected chi connectivity index (χ3v) is 2.51. The number of hydrogen-bond acceptors (Lipinski definition) is 6. The SMILES string of the molecule is COC(CN)Cc1nc(-c2cncn2C)no1. The zero-order valence-electron chi connectivity index (χ0n) is 9.83. The summed E-state index contributed by atoms with van der Waals surface area (Å²) in [6, 6.07) is 0. The van der Waals surface area contributed by atoms with Gasteiger partial charge in [0.1, 0.15) is 5.69 Å². The standard InChI is InChI=1S/C10H15N5O2/c1-15-6-12-5-8(15)10-13-9(17-14-10)3-7(4-11)16-2/h5-7H,3-4,11H2,1-2H3. The van der Waals surface area contributed by atoms with Crippen molar-refractivity contribution < 1.29 is 9.26 Å². The van der Waals surface area contributed by atoms with Crippen molar-refractivity contribution in [2.75, 3.05) is 13.7 Å². The second-order valence-electron chi connectivity index (χ2n) is 3.70. The molecule has 2 heterocycles. The lowest BCUT2D eigenvalue weighted by Crippen LogP contribution is -2.24. The second kappa shape index (κ2) is 5.07. The van der Waals surface area contributed by atoms with Gasteiger partial charge in [0.25, 0.3) is 0 Å². The number of imidazole rings is 1. The van der Waals surface area contributed by atoms with Gasteiger partial charge in [0.15, 0.2) is 0 Å². The Morgan fingerprint density at radius 1 is 1.59 bits per heavy atom. The van der Waals surface area contributed by atoms with Crippen LogP contribution in [0.2, 0.25) is 0 Å². The third-order valence-electron chi connectivity index (χ3n) is 2.51. The van der Waals surface area contributed by atoms with Crippen molar-refractivity contribution in [3.05, 3.63) is 18.4 Å². The van der Waals surface area contributed by atoms with Gasteiger partial charge >= 0.3 is 0 Å². The zero-order valence-corrected chi connectivity index (χ0v) is 9.83. The van der Waals surface area contributed by atoms with Crippen LogP contribution in [0.3, 0.4) is 0 Å². The first-order chi connectivity index (χ1) is 8.24. The molecule has 2 rings (SSSR count). The van der Waals surface area contributed by atoms with Gasteiger partial charge in [-0.3, -0.25) is 0 Å². The molecule has 0 amide bonds. The molecule has 2 aromatic heterocycles. The fourth-order valence-corrected chi connectivity index (χ4v) is 1.47. The molecule has 0 aliphatic carbocycles. The van der Waals surface area contributed by atoms with Crippen molar-refractivity contribution in [1.29, 1.82) is 0 Å². The molecule has 7 heteroatoms. The van der Waals surface area contributed by atoms with Gasteiger partial charge in [-0.05, 0) is 0 Å². The minimum absolute atomic E-state index is 0.102. The summed E-state index contributed by atoms with van der Waals surface area (Å²) in [4.78, 5) is 8.27. The van der Waals surface area contributed by atoms with Gasteiger partial charge in [-0.15, -0.1) is 0 Å². The van der Waals surface area contributed by atoms with E-state index in [2.05, 4.69) is 15.1 Å². The minimum Gasteiger partial charge on any atom is -0.380 e. The van der Waals surface area contributed by atoms with Crippen molar-refractivity contribution in [3.63, 3.8) is 0 Å². The first kappa shape index (κ1) is 11.7. The molecule has 0 aliphatic heterocycles. The lowest BCUT2D eigenvalue weighted by atomic mass is 10.2. The van der Waals surface area contributed by atoms with Gasteiger partial charge in [-0.1, -0.05) is 5.16 Å². The monoisotopic (exact) mass is 237 g/mol. The predicted molar refractivity (Wildman–Crippen MR) is 60.1 cm³/mol. The van der Waals surface area contributed by atoms with Crippen molar-refractivity contribution in [3.8, 4) is 11.5 Å². The Labute approximate surface area is 98.6 Å². The Morgan fingerprint density at radius 2 is 2.41 bits per heavy atom. The van der Waals surface area contributed by atoms with Crippen LogP contribution < -0.4 is 5.73 Å². The molecule has 17 heavy (non-hydrogen) atoms. The van der Waals surface area contributed by atoms with E-state index in [1.807, 2.05) is 11.6 Å². The third kappa shape index (κ3) is 2.51. The molecule has 0 aliphatic rings. The van der Waals surface area contributed by atoms with E-state index in [9.17, 15) is 0 Å². The average molecular weight is 237 g/mol. The van der Waals surface area contributed by atoms with Gasteiger partial charge < -0.3 is 19.6 Å². The van der Waals surface area contributed by atoms with Gasteiger partial charge in [-0.25, -0.2) is 4.98 Å². The molecule has 1 unspecified atom stereocenters. The molecule has 0 spiro atoms. The van der Waals surface area contributed by atoms with E-state index in [-0.39, 0.29) is 6.10 Å². The van der Waals surface area contributed by atoms with Gasteiger partial charge in [0.2, 0.25) is 11.7 Å². The van der Waals surface area contributed by atoms with E-state index >= 15 is 0 Å². The minimum atomic E-state index is -0.102. The van der Waals surface area contributed by atoms with Crippen LogP contribution in [0.1, 0.15) is 5.89 Å². The fourth-order valence-electron chi connectivity index (χ4n) is 1.47. The van der Waals surface area contributed by atoms with Crippen LogP contribution in [-0.4, -0.2) is 39.5 Å². The van der Waals surface area contributed by atoms with Crippen LogP contribution in [0.25, 0.3) is 11.5 Å². The normalized spacial score (nSPS) is 12.9. The molecular formula is C10H15N5O2. The summed E-state index contributed by atoms with van der Waals surface area (Å²) in [7, 11) is 3.48. The van der Waals surface area contributed by atoms with Crippen molar-refractivity contribution in [1.82, 2.24) is 19.7 Å². The molecule has 0 saturated heterocycles. The van der Waals surface area contributed by atoms with Crippen molar-refractivity contribution in [2.45, 2.75) is 12.5 Å². The van der Waals surface area contributed by atoms with Crippen LogP contribution in [0.4, 0.5) is 0 Å². The molecule has 92 valence electrons. The maximum Gasteiger partial charge on any atom is 0.229 e. The predicted octanol–water partition coefficient (Wildman–Crippen LogP) is -0.0137. The molecule has 0 saturated carbocycles. The van der Waals surface area contributed by atoms with Crippen molar-refractivity contribution in [2.24, 2.45) is 12.8 Å². The Hall–Kier alpha value is -1.73. The maximum absolute atomic E-state index is 5.53. The molecule has 1 atom stereocenters. The summed E-state index contributed by atoms with van der Waals surface area (Å²) in [5, 5.41) is 3.90. The Kier molecular flexibility index (Phi) is 3.50. The van der Waals surface area contributed by atoms with E-state index < -0.39 is 0 Å². The molecule has 0 fully saturated rings. The number of methoxy groups -OCH3 is 1. The molecule has 7 nitrogen and oxygen atoms in total. The molecule has 2 aromatic rings. The maximum atomic E-state index is 5.53. The number of nitrogens with zero attached hydrogens (tertiary/aromatic N) is 4. The Morgan fingerprint density at radius 3 is 3.00 bits per heavy atom. The van der Waals surface area contributed by atoms with Crippen LogP contribution in [0.15, 0.2) is 17.0 Å². The number of rotatable bonds is 5. The van der Waals surface area contributed by atoms with Crippen LogP contribution >= 0.6 is 0 Å². The number of hydrogen-bond donors (Lipinski definition) is 1. The Bertz CT molecular complexity index is 475. The summed E-state index contributed by atoms with van der Waals surface area (Å²) in [5.41, 5.74) is 6.33. The fraction of sp³-hybridized carbons (Fsp3) is 0.500. The number of ether oxygens (including phenoxy) is 1. The topological polar surface area (TPSA) is 92.0 Å². The quantitative estimate of drug-likeness (QED) is 0.786. The van der Waals surface area contributed by atoms with E-state index in [1.54, 1.807) is 19.6 Å². The lowest BCUT2D eigenvalue weighted by Gasteiger charge is -2.08. The highest BCUT2D eigenvalue weighted by Crippen LogP contribution is 2.14. The second-order valence-corrected chi connectivity index (χ2v) is 3.70. The molecule has 2 N–H and O–H groups in total.